The molecule has 6 N–H and O–H groups in total. The van der Waals surface area contributed by atoms with E-state index in [9.17, 15) is 35.1 Å². The second-order valence-electron chi connectivity index (χ2n) is 4.03. The van der Waals surface area contributed by atoms with E-state index in [1.54, 1.807) is 0 Å². The van der Waals surface area contributed by atoms with E-state index in [-0.39, 0.29) is 0 Å². The number of hydrogen-bond acceptors (Lipinski definition) is 12. The highest BCUT2D eigenvalue weighted by Gasteiger charge is 2.84. The molecule has 0 bridgehead atoms. The molecule has 0 spiro atoms. The molecular formula is C8H10O12. The van der Waals surface area contributed by atoms with Gasteiger partial charge >= 0.3 is 29.9 Å². The molecular weight excluding hydrogens is 288 g/mol. The third-order valence-electron chi connectivity index (χ3n) is 2.78. The van der Waals surface area contributed by atoms with Crippen LogP contribution >= 0.6 is 0 Å². The molecule has 0 aromatic rings. The Morgan fingerprint density at radius 2 is 1.45 bits per heavy atom. The van der Waals surface area contributed by atoms with Gasteiger partial charge in [-0.3, -0.25) is 0 Å². The summed E-state index contributed by atoms with van der Waals surface area (Å²) in [7, 11) is 0. The van der Waals surface area contributed by atoms with Crippen LogP contribution in [0.1, 0.15) is 0 Å². The molecule has 0 aromatic heterocycles. The molecule has 0 saturated carbocycles. The number of ether oxygens (including phenoxy) is 4. The molecule has 12 heteroatoms. The third-order valence-corrected chi connectivity index (χ3v) is 2.78. The van der Waals surface area contributed by atoms with E-state index in [4.69, 9.17) is 5.11 Å². The molecule has 2 heterocycles. The van der Waals surface area contributed by atoms with Gasteiger partial charge in [0.2, 0.25) is 0 Å². The zero-order valence-corrected chi connectivity index (χ0v) is 9.49. The largest absolute Gasteiger partial charge is 0.518 e. The molecule has 0 radical (unpaired) electrons. The summed E-state index contributed by atoms with van der Waals surface area (Å²) in [5.74, 6) is -10.5. The summed E-state index contributed by atoms with van der Waals surface area (Å²) in [6, 6.07) is 0. The third kappa shape index (κ3) is 1.64. The first-order valence-electron chi connectivity index (χ1n) is 5.07. The Morgan fingerprint density at radius 3 is 1.90 bits per heavy atom. The molecule has 0 aliphatic carbocycles. The Bertz CT molecular complexity index is 441. The van der Waals surface area contributed by atoms with Gasteiger partial charge in [0.1, 0.15) is 6.10 Å². The first kappa shape index (κ1) is 14.7. The van der Waals surface area contributed by atoms with Crippen LogP contribution in [0.5, 0.6) is 0 Å². The summed E-state index contributed by atoms with van der Waals surface area (Å²) in [5, 5.41) is 57.0. The minimum absolute atomic E-state index is 1.11. The summed E-state index contributed by atoms with van der Waals surface area (Å²) < 4.78 is 16.2. The van der Waals surface area contributed by atoms with Crippen molar-refractivity contribution >= 4 is 12.3 Å². The van der Waals surface area contributed by atoms with Gasteiger partial charge < -0.3 is 49.6 Å². The van der Waals surface area contributed by atoms with Gasteiger partial charge in [-0.05, 0) is 0 Å². The molecule has 2 aliphatic heterocycles. The Labute approximate surface area is 109 Å². The summed E-state index contributed by atoms with van der Waals surface area (Å²) >= 11 is 0. The zero-order valence-electron chi connectivity index (χ0n) is 9.49. The standard InChI is InChI=1S/C8H10O12/c9-1-2(10)3(11)6(14)7(15,18-4(12)17-6)8(16)19-5(13)20-8/h2-3,9-11,14-16H,1H2/t2-,3-,6-,7+/m0/s1. The van der Waals surface area contributed by atoms with Crippen LogP contribution in [0.2, 0.25) is 0 Å². The molecule has 2 fully saturated rings. The number of cyclic esters (lactones) is 4. The predicted molar refractivity (Wildman–Crippen MR) is 49.1 cm³/mol. The van der Waals surface area contributed by atoms with Gasteiger partial charge in [-0.2, -0.15) is 0 Å². The van der Waals surface area contributed by atoms with Crippen LogP contribution in [0, 0.1) is 0 Å². The van der Waals surface area contributed by atoms with Gasteiger partial charge in [0.25, 0.3) is 0 Å². The van der Waals surface area contributed by atoms with Crippen molar-refractivity contribution in [1.29, 1.82) is 0 Å². The Balaban J connectivity index is 2.39. The lowest BCUT2D eigenvalue weighted by Crippen LogP contribution is -2.77. The fourth-order valence-electron chi connectivity index (χ4n) is 1.69. The quantitative estimate of drug-likeness (QED) is 0.276. The number of aliphatic hydroxyl groups is 6. The highest BCUT2D eigenvalue weighted by Crippen LogP contribution is 2.47. The van der Waals surface area contributed by atoms with Crippen molar-refractivity contribution in [2.24, 2.45) is 0 Å². The predicted octanol–water partition coefficient (Wildman–Crippen LogP) is -3.94. The molecule has 20 heavy (non-hydrogen) atoms. The van der Waals surface area contributed by atoms with E-state index < -0.39 is 48.7 Å². The van der Waals surface area contributed by atoms with E-state index in [1.165, 1.54) is 0 Å². The van der Waals surface area contributed by atoms with Crippen molar-refractivity contribution in [2.75, 3.05) is 6.61 Å². The number of hydrogen-bond donors (Lipinski definition) is 6. The van der Waals surface area contributed by atoms with Crippen molar-refractivity contribution in [1.82, 2.24) is 0 Å². The highest BCUT2D eigenvalue weighted by atomic mass is 17.0. The van der Waals surface area contributed by atoms with Gasteiger partial charge in [0, 0.05) is 0 Å². The van der Waals surface area contributed by atoms with Crippen LogP contribution in [0.15, 0.2) is 0 Å². The van der Waals surface area contributed by atoms with Gasteiger partial charge in [0.05, 0.1) is 6.61 Å². The maximum Gasteiger partial charge on any atom is 0.518 e. The average Bonchev–Trinajstić information content (AvgIpc) is 2.58. The summed E-state index contributed by atoms with van der Waals surface area (Å²) in [5.41, 5.74) is 0. The molecule has 2 aliphatic rings. The highest BCUT2D eigenvalue weighted by molar-refractivity contribution is 5.68. The van der Waals surface area contributed by atoms with Crippen LogP contribution in [0.3, 0.4) is 0 Å². The first-order valence-corrected chi connectivity index (χ1v) is 5.07. The van der Waals surface area contributed by atoms with Crippen LogP contribution in [0.25, 0.3) is 0 Å². The lowest BCUT2D eigenvalue weighted by atomic mass is 9.93. The molecule has 0 aromatic carbocycles. The summed E-state index contributed by atoms with van der Waals surface area (Å²) in [6.45, 7) is -1.11. The summed E-state index contributed by atoms with van der Waals surface area (Å²) in [6.07, 6.45) is -7.92. The molecule has 0 amide bonds. The number of aliphatic hydroxyl groups excluding tert-OH is 3. The minimum Gasteiger partial charge on any atom is -0.394 e. The van der Waals surface area contributed by atoms with Crippen molar-refractivity contribution in [3.05, 3.63) is 0 Å². The van der Waals surface area contributed by atoms with Crippen molar-refractivity contribution < 1.29 is 59.2 Å². The van der Waals surface area contributed by atoms with E-state index in [0.29, 0.717) is 0 Å². The molecule has 2 saturated heterocycles. The molecule has 2 rings (SSSR count). The molecule has 12 nitrogen and oxygen atoms in total. The molecule has 4 atom stereocenters. The van der Waals surface area contributed by atoms with E-state index in [2.05, 4.69) is 18.9 Å². The fourth-order valence-corrected chi connectivity index (χ4v) is 1.69. The summed E-state index contributed by atoms with van der Waals surface area (Å²) in [4.78, 5) is 21.6. The number of carbonyl (C=O) groups excluding carboxylic acids is 2. The monoisotopic (exact) mass is 298 g/mol. The maximum atomic E-state index is 11.0. The van der Waals surface area contributed by atoms with Gasteiger partial charge in [-0.15, -0.1) is 0 Å². The van der Waals surface area contributed by atoms with Crippen molar-refractivity contribution in [2.45, 2.75) is 29.8 Å². The minimum atomic E-state index is -3.61. The second kappa shape index (κ2) is 4.15. The van der Waals surface area contributed by atoms with Crippen LogP contribution in [0.4, 0.5) is 9.59 Å². The Hall–Kier alpha value is -1.70. The Kier molecular flexibility index (Phi) is 3.05. The van der Waals surface area contributed by atoms with Crippen molar-refractivity contribution in [3.63, 3.8) is 0 Å². The first-order chi connectivity index (χ1) is 9.09. The van der Waals surface area contributed by atoms with E-state index in [1.807, 2.05) is 0 Å². The van der Waals surface area contributed by atoms with Crippen LogP contribution in [-0.2, 0) is 18.9 Å². The normalized spacial score (nSPS) is 37.9. The van der Waals surface area contributed by atoms with E-state index >= 15 is 0 Å². The van der Waals surface area contributed by atoms with Gasteiger partial charge in [0.15, 0.2) is 6.10 Å². The lowest BCUT2D eigenvalue weighted by molar-refractivity contribution is -0.522. The number of carbonyl (C=O) groups is 2. The van der Waals surface area contributed by atoms with Gasteiger partial charge in [-0.1, -0.05) is 0 Å². The maximum absolute atomic E-state index is 11.0. The van der Waals surface area contributed by atoms with Gasteiger partial charge in [-0.25, -0.2) is 9.59 Å². The van der Waals surface area contributed by atoms with E-state index in [0.717, 1.165) is 0 Å². The zero-order chi connectivity index (χ0) is 15.3. The topological polar surface area (TPSA) is 192 Å². The molecule has 0 unspecified atom stereocenters. The molecule has 114 valence electrons. The smallest absolute Gasteiger partial charge is 0.394 e. The number of rotatable bonds is 4. The fraction of sp³-hybridized carbons (Fsp3) is 0.750. The SMILES string of the molecule is O=C1OC(O)([C@]2(O)OC(=O)O[C@@]2(O)[C@@H](O)[C@@H](O)CO)O1. The second-order valence-corrected chi connectivity index (χ2v) is 4.03. The van der Waals surface area contributed by atoms with Crippen LogP contribution in [-0.4, -0.2) is 79.3 Å². The Morgan fingerprint density at radius 1 is 0.950 bits per heavy atom. The average molecular weight is 298 g/mol. The van der Waals surface area contributed by atoms with Crippen molar-refractivity contribution in [3.8, 4) is 0 Å². The lowest BCUT2D eigenvalue weighted by Gasteiger charge is -2.45. The van der Waals surface area contributed by atoms with Crippen LogP contribution < -0.4 is 0 Å².